The normalized spacial score (nSPS) is 37.0. The molecule has 7 nitrogen and oxygen atoms in total. The van der Waals surface area contributed by atoms with Crippen LogP contribution >= 0.6 is 0 Å². The molecule has 1 aliphatic carbocycles. The lowest BCUT2D eigenvalue weighted by Gasteiger charge is -2.37. The van der Waals surface area contributed by atoms with Gasteiger partial charge >= 0.3 is 6.03 Å². The Labute approximate surface area is 142 Å². The minimum absolute atomic E-state index is 0.0366. The highest BCUT2D eigenvalue weighted by Gasteiger charge is 2.55. The number of ether oxygens (including phenoxy) is 1. The van der Waals surface area contributed by atoms with Crippen LogP contribution in [0.4, 0.5) is 4.79 Å². The fourth-order valence-corrected chi connectivity index (χ4v) is 4.26. The predicted molar refractivity (Wildman–Crippen MR) is 87.2 cm³/mol. The first-order chi connectivity index (χ1) is 11.3. The third kappa shape index (κ3) is 2.90. The molecule has 4 amide bonds. The maximum absolute atomic E-state index is 12.9. The number of amides is 4. The Bertz CT molecular complexity index is 542. The molecule has 3 rings (SSSR count). The Morgan fingerprint density at radius 3 is 2.50 bits per heavy atom. The van der Waals surface area contributed by atoms with Gasteiger partial charge in [-0.25, -0.2) is 4.79 Å². The first-order valence-electron chi connectivity index (χ1n) is 8.91. The van der Waals surface area contributed by atoms with E-state index in [-0.39, 0.29) is 36.5 Å². The molecule has 24 heavy (non-hydrogen) atoms. The number of nitrogens with one attached hydrogen (secondary N) is 1. The van der Waals surface area contributed by atoms with Crippen LogP contribution in [0.2, 0.25) is 0 Å². The average Bonchev–Trinajstić information content (AvgIpc) is 2.74. The highest BCUT2D eigenvalue weighted by atomic mass is 16.5. The summed E-state index contributed by atoms with van der Waals surface area (Å²) in [4.78, 5) is 40.6. The van der Waals surface area contributed by atoms with Crippen molar-refractivity contribution in [2.45, 2.75) is 64.2 Å². The van der Waals surface area contributed by atoms with E-state index < -0.39 is 11.6 Å². The van der Waals surface area contributed by atoms with Gasteiger partial charge in [-0.1, -0.05) is 19.8 Å². The Morgan fingerprint density at radius 1 is 1.21 bits per heavy atom. The molecule has 1 N–H and O–H groups in total. The summed E-state index contributed by atoms with van der Waals surface area (Å²) in [5.41, 5.74) is -0.804. The molecule has 0 aromatic rings. The van der Waals surface area contributed by atoms with E-state index in [1.807, 2.05) is 20.8 Å². The number of rotatable bonds is 2. The van der Waals surface area contributed by atoms with Crippen molar-refractivity contribution < 1.29 is 19.1 Å². The predicted octanol–water partition coefficient (Wildman–Crippen LogP) is 1.12. The van der Waals surface area contributed by atoms with E-state index in [0.717, 1.165) is 24.2 Å². The van der Waals surface area contributed by atoms with Gasteiger partial charge in [-0.15, -0.1) is 0 Å². The fraction of sp³-hybridized carbons (Fsp3) is 0.824. The highest BCUT2D eigenvalue weighted by molar-refractivity contribution is 6.09. The molecule has 2 heterocycles. The van der Waals surface area contributed by atoms with Gasteiger partial charge in [0.25, 0.3) is 5.91 Å². The van der Waals surface area contributed by atoms with Crippen LogP contribution in [0.5, 0.6) is 0 Å². The standard InChI is InChI=1S/C17H27N3O4/c1-11-6-4-5-7-17(11)15(22)20(16(23)18-17)10-14(21)19-8-12(2)24-13(3)9-19/h11-13H,4-10H2,1-3H3,(H,18,23)/t11-,12-,13+,17+/m0/s1. The Hall–Kier alpha value is -1.63. The molecule has 3 fully saturated rings. The molecule has 1 spiro atoms. The number of carbonyl (C=O) groups excluding carboxylic acids is 3. The largest absolute Gasteiger partial charge is 0.372 e. The van der Waals surface area contributed by atoms with Gasteiger partial charge in [0.05, 0.1) is 12.2 Å². The van der Waals surface area contributed by atoms with Gasteiger partial charge in [0.15, 0.2) is 0 Å². The van der Waals surface area contributed by atoms with Crippen LogP contribution in [0.15, 0.2) is 0 Å². The van der Waals surface area contributed by atoms with Gasteiger partial charge < -0.3 is 15.0 Å². The number of hydrogen-bond donors (Lipinski definition) is 1. The molecule has 3 aliphatic rings. The molecule has 0 unspecified atom stereocenters. The molecule has 7 heteroatoms. The third-order valence-electron chi connectivity index (χ3n) is 5.57. The Morgan fingerprint density at radius 2 is 1.88 bits per heavy atom. The van der Waals surface area contributed by atoms with Crippen molar-refractivity contribution in [3.05, 3.63) is 0 Å². The maximum Gasteiger partial charge on any atom is 0.325 e. The lowest BCUT2D eigenvalue weighted by molar-refractivity contribution is -0.147. The summed E-state index contributed by atoms with van der Waals surface area (Å²) in [5, 5.41) is 2.89. The summed E-state index contributed by atoms with van der Waals surface area (Å²) in [6, 6.07) is -0.434. The first kappa shape index (κ1) is 17.2. The first-order valence-corrected chi connectivity index (χ1v) is 8.91. The van der Waals surface area contributed by atoms with Crippen LogP contribution in [0.25, 0.3) is 0 Å². The van der Waals surface area contributed by atoms with Crippen LogP contribution < -0.4 is 5.32 Å². The van der Waals surface area contributed by atoms with E-state index in [4.69, 9.17) is 4.74 Å². The zero-order valence-corrected chi connectivity index (χ0v) is 14.7. The molecule has 4 atom stereocenters. The number of imide groups is 1. The SMILES string of the molecule is C[C@@H]1CN(C(=O)CN2C(=O)N[C@@]3(CCCC[C@@H]3C)C2=O)C[C@H](C)O1. The van der Waals surface area contributed by atoms with Crippen molar-refractivity contribution in [3.8, 4) is 0 Å². The Balaban J connectivity index is 1.70. The molecular weight excluding hydrogens is 310 g/mol. The monoisotopic (exact) mass is 337 g/mol. The molecule has 0 aromatic heterocycles. The maximum atomic E-state index is 12.9. The van der Waals surface area contributed by atoms with Crippen LogP contribution in [0, 0.1) is 5.92 Å². The van der Waals surface area contributed by atoms with Crippen LogP contribution in [-0.2, 0) is 14.3 Å². The minimum atomic E-state index is -0.804. The number of urea groups is 1. The second-order valence-electron chi connectivity index (χ2n) is 7.50. The summed E-state index contributed by atoms with van der Waals surface area (Å²) in [5.74, 6) is -0.324. The van der Waals surface area contributed by atoms with Crippen molar-refractivity contribution in [2.24, 2.45) is 5.92 Å². The van der Waals surface area contributed by atoms with Gasteiger partial charge in [-0.3, -0.25) is 14.5 Å². The summed E-state index contributed by atoms with van der Waals surface area (Å²) >= 11 is 0. The molecule has 0 bridgehead atoms. The van der Waals surface area contributed by atoms with Crippen molar-refractivity contribution >= 4 is 17.8 Å². The summed E-state index contributed by atoms with van der Waals surface area (Å²) < 4.78 is 5.63. The Kier molecular flexibility index (Phi) is 4.55. The molecule has 2 saturated heterocycles. The number of morpholine rings is 1. The van der Waals surface area contributed by atoms with Gasteiger partial charge in [-0.05, 0) is 32.6 Å². The third-order valence-corrected chi connectivity index (χ3v) is 5.57. The summed E-state index contributed by atoms with van der Waals surface area (Å²) in [7, 11) is 0. The second-order valence-corrected chi connectivity index (χ2v) is 7.50. The summed E-state index contributed by atoms with van der Waals surface area (Å²) in [6.45, 7) is 6.65. The second kappa shape index (κ2) is 6.35. The number of carbonyl (C=O) groups is 3. The van der Waals surface area contributed by atoms with Crippen molar-refractivity contribution in [1.29, 1.82) is 0 Å². The smallest absolute Gasteiger partial charge is 0.325 e. The van der Waals surface area contributed by atoms with Crippen LogP contribution in [0.3, 0.4) is 0 Å². The lowest BCUT2D eigenvalue weighted by atomic mass is 9.73. The molecule has 2 aliphatic heterocycles. The molecule has 134 valence electrons. The molecule has 1 saturated carbocycles. The zero-order chi connectivity index (χ0) is 17.5. The van der Waals surface area contributed by atoms with Crippen molar-refractivity contribution in [1.82, 2.24) is 15.1 Å². The van der Waals surface area contributed by atoms with E-state index in [9.17, 15) is 14.4 Å². The number of nitrogens with zero attached hydrogens (tertiary/aromatic N) is 2. The van der Waals surface area contributed by atoms with E-state index in [2.05, 4.69) is 5.32 Å². The quantitative estimate of drug-likeness (QED) is 0.766. The van der Waals surface area contributed by atoms with Gasteiger partial charge in [0, 0.05) is 13.1 Å². The molecular formula is C17H27N3O4. The molecule has 0 radical (unpaired) electrons. The van der Waals surface area contributed by atoms with Gasteiger partial charge in [0.1, 0.15) is 12.1 Å². The minimum Gasteiger partial charge on any atom is -0.372 e. The highest BCUT2D eigenvalue weighted by Crippen LogP contribution is 2.38. The van der Waals surface area contributed by atoms with E-state index >= 15 is 0 Å². The number of hydrogen-bond acceptors (Lipinski definition) is 4. The fourth-order valence-electron chi connectivity index (χ4n) is 4.26. The lowest BCUT2D eigenvalue weighted by Crippen LogP contribution is -2.54. The van der Waals surface area contributed by atoms with E-state index in [0.29, 0.717) is 19.5 Å². The molecule has 0 aromatic carbocycles. The van der Waals surface area contributed by atoms with Gasteiger partial charge in [-0.2, -0.15) is 0 Å². The topological polar surface area (TPSA) is 79.0 Å². The van der Waals surface area contributed by atoms with Gasteiger partial charge in [0.2, 0.25) is 5.91 Å². The van der Waals surface area contributed by atoms with E-state index in [1.165, 1.54) is 0 Å². The average molecular weight is 337 g/mol. The van der Waals surface area contributed by atoms with Crippen molar-refractivity contribution in [2.75, 3.05) is 19.6 Å². The summed E-state index contributed by atoms with van der Waals surface area (Å²) in [6.07, 6.45) is 3.52. The zero-order valence-electron chi connectivity index (χ0n) is 14.7. The van der Waals surface area contributed by atoms with Crippen molar-refractivity contribution in [3.63, 3.8) is 0 Å². The van der Waals surface area contributed by atoms with Crippen LogP contribution in [-0.4, -0.2) is 65.0 Å². The van der Waals surface area contributed by atoms with Crippen LogP contribution in [0.1, 0.15) is 46.5 Å². The van der Waals surface area contributed by atoms with E-state index in [1.54, 1.807) is 4.90 Å².